The maximum atomic E-state index is 8.52. The second kappa shape index (κ2) is 6.13. The highest BCUT2D eigenvalue weighted by Gasteiger charge is 2.09. The van der Waals surface area contributed by atoms with Gasteiger partial charge in [0.1, 0.15) is 5.02 Å². The Hall–Kier alpha value is -1.54. The molecule has 0 aliphatic carbocycles. The normalized spacial score (nSPS) is 9.62. The molecule has 0 bridgehead atoms. The molecule has 1 rings (SSSR count). The van der Waals surface area contributed by atoms with E-state index in [1.54, 1.807) is 6.20 Å². The van der Waals surface area contributed by atoms with E-state index in [0.717, 1.165) is 6.54 Å². The first-order chi connectivity index (χ1) is 7.69. The van der Waals surface area contributed by atoms with E-state index in [9.17, 15) is 0 Å². The summed E-state index contributed by atoms with van der Waals surface area (Å²) >= 11 is 5.99. The van der Waals surface area contributed by atoms with Gasteiger partial charge in [-0.3, -0.25) is 0 Å². The molecule has 0 radical (unpaired) electrons. The van der Waals surface area contributed by atoms with E-state index in [-0.39, 0.29) is 0 Å². The number of hydrogen-bond acceptors (Lipinski definition) is 5. The van der Waals surface area contributed by atoms with Crippen LogP contribution in [0.1, 0.15) is 13.3 Å². The highest BCUT2D eigenvalue weighted by atomic mass is 35.5. The Morgan fingerprint density at radius 2 is 2.38 bits per heavy atom. The third-order valence-corrected chi connectivity index (χ3v) is 2.25. The van der Waals surface area contributed by atoms with E-state index in [0.29, 0.717) is 29.8 Å². The van der Waals surface area contributed by atoms with Gasteiger partial charge in [-0.25, -0.2) is 4.98 Å². The second-order valence-corrected chi connectivity index (χ2v) is 3.63. The molecule has 0 saturated heterocycles. The van der Waals surface area contributed by atoms with Crippen molar-refractivity contribution in [1.82, 2.24) is 9.97 Å². The summed E-state index contributed by atoms with van der Waals surface area (Å²) < 4.78 is 0. The maximum Gasteiger partial charge on any atom is 0.224 e. The van der Waals surface area contributed by atoms with Crippen molar-refractivity contribution in [2.45, 2.75) is 13.3 Å². The molecule has 16 heavy (non-hydrogen) atoms. The van der Waals surface area contributed by atoms with Crippen molar-refractivity contribution in [2.24, 2.45) is 0 Å². The molecule has 1 aromatic rings. The number of nitrogens with one attached hydrogen (secondary N) is 1. The first kappa shape index (κ1) is 12.5. The van der Waals surface area contributed by atoms with E-state index in [1.807, 2.05) is 18.9 Å². The van der Waals surface area contributed by atoms with Crippen LogP contribution in [0, 0.1) is 11.3 Å². The first-order valence-corrected chi connectivity index (χ1v) is 5.41. The first-order valence-electron chi connectivity index (χ1n) is 5.03. The quantitative estimate of drug-likeness (QED) is 0.850. The van der Waals surface area contributed by atoms with Crippen molar-refractivity contribution in [3.05, 3.63) is 11.2 Å². The van der Waals surface area contributed by atoms with Gasteiger partial charge in [0, 0.05) is 20.1 Å². The molecule has 86 valence electrons. The number of halogens is 1. The summed E-state index contributed by atoms with van der Waals surface area (Å²) in [5.74, 6) is 1.19. The summed E-state index contributed by atoms with van der Waals surface area (Å²) in [6.07, 6.45) is 2.00. The lowest BCUT2D eigenvalue weighted by Crippen LogP contribution is -2.20. The average Bonchev–Trinajstić information content (AvgIpc) is 2.29. The minimum Gasteiger partial charge on any atom is -0.357 e. The molecule has 0 amide bonds. The van der Waals surface area contributed by atoms with Crippen LogP contribution < -0.4 is 10.2 Å². The maximum absolute atomic E-state index is 8.52. The third kappa shape index (κ3) is 3.24. The zero-order valence-electron chi connectivity index (χ0n) is 9.37. The molecule has 0 unspecified atom stereocenters. The molecule has 0 fully saturated rings. The van der Waals surface area contributed by atoms with Gasteiger partial charge in [-0.2, -0.15) is 10.2 Å². The molecule has 0 aliphatic rings. The van der Waals surface area contributed by atoms with Gasteiger partial charge in [-0.15, -0.1) is 0 Å². The van der Waals surface area contributed by atoms with E-state index < -0.39 is 0 Å². The highest BCUT2D eigenvalue weighted by Crippen LogP contribution is 2.22. The van der Waals surface area contributed by atoms with Crippen LogP contribution in [0.5, 0.6) is 0 Å². The summed E-state index contributed by atoms with van der Waals surface area (Å²) in [7, 11) is 1.85. The van der Waals surface area contributed by atoms with Crippen LogP contribution in [-0.2, 0) is 0 Å². The average molecular weight is 240 g/mol. The SMILES string of the molecule is CCNc1ncc(Cl)c(N(C)CCC#N)n1. The van der Waals surface area contributed by atoms with Crippen LogP contribution in [0.2, 0.25) is 5.02 Å². The summed E-state index contributed by atoms with van der Waals surface area (Å²) in [6, 6.07) is 2.08. The number of anilines is 2. The van der Waals surface area contributed by atoms with Crippen LogP contribution in [0.3, 0.4) is 0 Å². The minimum atomic E-state index is 0.438. The third-order valence-electron chi connectivity index (χ3n) is 1.98. The molecule has 0 spiro atoms. The van der Waals surface area contributed by atoms with Gasteiger partial charge in [-0.1, -0.05) is 11.6 Å². The van der Waals surface area contributed by atoms with Gasteiger partial charge in [0.25, 0.3) is 0 Å². The van der Waals surface area contributed by atoms with E-state index in [1.165, 1.54) is 0 Å². The fourth-order valence-electron chi connectivity index (χ4n) is 1.19. The largest absolute Gasteiger partial charge is 0.357 e. The predicted molar refractivity (Wildman–Crippen MR) is 64.7 cm³/mol. The lowest BCUT2D eigenvalue weighted by Gasteiger charge is -2.18. The molecule has 1 aromatic heterocycles. The molecule has 1 N–H and O–H groups in total. The Labute approximate surface area is 100 Å². The van der Waals surface area contributed by atoms with Crippen LogP contribution in [0.4, 0.5) is 11.8 Å². The fraction of sp³-hybridized carbons (Fsp3) is 0.500. The lowest BCUT2D eigenvalue weighted by atomic mass is 10.4. The van der Waals surface area contributed by atoms with Crippen LogP contribution >= 0.6 is 11.6 Å². The van der Waals surface area contributed by atoms with Crippen molar-refractivity contribution >= 4 is 23.4 Å². The van der Waals surface area contributed by atoms with E-state index >= 15 is 0 Å². The Bertz CT molecular complexity index is 387. The van der Waals surface area contributed by atoms with Gasteiger partial charge in [-0.05, 0) is 6.92 Å². The van der Waals surface area contributed by atoms with Crippen molar-refractivity contribution in [2.75, 3.05) is 30.4 Å². The smallest absolute Gasteiger partial charge is 0.224 e. The van der Waals surface area contributed by atoms with Crippen molar-refractivity contribution in [1.29, 1.82) is 5.26 Å². The standard InChI is InChI=1S/C10H14ClN5/c1-3-13-10-14-7-8(11)9(15-10)16(2)6-4-5-12/h7H,3-4,6H2,1-2H3,(H,13,14,15). The number of nitrogens with zero attached hydrogens (tertiary/aromatic N) is 4. The predicted octanol–water partition coefficient (Wildman–Crippen LogP) is 1.91. The Kier molecular flexibility index (Phi) is 4.80. The van der Waals surface area contributed by atoms with Gasteiger partial charge in [0.2, 0.25) is 5.95 Å². The van der Waals surface area contributed by atoms with Gasteiger partial charge in [0.15, 0.2) is 5.82 Å². The molecule has 6 heteroatoms. The van der Waals surface area contributed by atoms with Crippen molar-refractivity contribution in [3.8, 4) is 6.07 Å². The number of aromatic nitrogens is 2. The summed E-state index contributed by atoms with van der Waals surface area (Å²) in [6.45, 7) is 3.32. The van der Waals surface area contributed by atoms with E-state index in [4.69, 9.17) is 16.9 Å². The van der Waals surface area contributed by atoms with Gasteiger partial charge < -0.3 is 10.2 Å². The van der Waals surface area contributed by atoms with E-state index in [2.05, 4.69) is 21.4 Å². The Morgan fingerprint density at radius 1 is 1.62 bits per heavy atom. The lowest BCUT2D eigenvalue weighted by molar-refractivity contribution is 0.879. The molecule has 1 heterocycles. The molecule has 0 aromatic carbocycles. The number of nitriles is 1. The van der Waals surface area contributed by atoms with Crippen LogP contribution in [-0.4, -0.2) is 30.1 Å². The fourth-order valence-corrected chi connectivity index (χ4v) is 1.43. The molecular formula is C10H14ClN5. The molecule has 0 aliphatic heterocycles. The van der Waals surface area contributed by atoms with Gasteiger partial charge in [0.05, 0.1) is 18.7 Å². The zero-order chi connectivity index (χ0) is 12.0. The summed E-state index contributed by atoms with van der Waals surface area (Å²) in [5.41, 5.74) is 0. The molecule has 0 saturated carbocycles. The number of rotatable bonds is 5. The van der Waals surface area contributed by atoms with Crippen LogP contribution in [0.15, 0.2) is 6.20 Å². The molecule has 5 nitrogen and oxygen atoms in total. The topological polar surface area (TPSA) is 64.8 Å². The zero-order valence-corrected chi connectivity index (χ0v) is 10.1. The Morgan fingerprint density at radius 3 is 3.00 bits per heavy atom. The van der Waals surface area contributed by atoms with Gasteiger partial charge >= 0.3 is 0 Å². The summed E-state index contributed by atoms with van der Waals surface area (Å²) in [4.78, 5) is 10.2. The number of hydrogen-bond donors (Lipinski definition) is 1. The van der Waals surface area contributed by atoms with Crippen molar-refractivity contribution in [3.63, 3.8) is 0 Å². The highest BCUT2D eigenvalue weighted by molar-refractivity contribution is 6.32. The van der Waals surface area contributed by atoms with Crippen molar-refractivity contribution < 1.29 is 0 Å². The molecular weight excluding hydrogens is 226 g/mol. The molecule has 0 atom stereocenters. The second-order valence-electron chi connectivity index (χ2n) is 3.23. The Balaban J connectivity index is 2.84. The summed E-state index contributed by atoms with van der Waals surface area (Å²) in [5, 5.41) is 12.0. The minimum absolute atomic E-state index is 0.438. The van der Waals surface area contributed by atoms with Crippen LogP contribution in [0.25, 0.3) is 0 Å². The monoisotopic (exact) mass is 239 g/mol.